The molecule has 0 spiro atoms. The second-order valence-corrected chi connectivity index (χ2v) is 8.19. The third kappa shape index (κ3) is 5.34. The van der Waals surface area contributed by atoms with Crippen LogP contribution in [0.1, 0.15) is 16.7 Å². The van der Waals surface area contributed by atoms with Crippen molar-refractivity contribution in [3.05, 3.63) is 94.5 Å². The fourth-order valence-electron chi connectivity index (χ4n) is 2.40. The lowest BCUT2D eigenvalue weighted by Gasteiger charge is -2.08. The monoisotopic (exact) mass is 414 g/mol. The zero-order chi connectivity index (χ0) is 20.0. The maximum Gasteiger partial charge on any atom is 0.276 e. The lowest BCUT2D eigenvalue weighted by molar-refractivity contribution is 0.306. The normalized spacial score (nSPS) is 11.5. The predicted octanol–water partition coefficient (Wildman–Crippen LogP) is 4.54. The minimum absolute atomic E-state index is 0.159. The molecule has 0 atom stereocenters. The van der Waals surface area contributed by atoms with Crippen molar-refractivity contribution in [3.8, 4) is 5.75 Å². The van der Waals surface area contributed by atoms with Crippen LogP contribution in [0.25, 0.3) is 0 Å². The summed E-state index contributed by atoms with van der Waals surface area (Å²) in [6.07, 6.45) is 1.42. The number of aryl methyl sites for hydroxylation is 1. The number of hydrogen-bond donors (Lipinski definition) is 1. The Morgan fingerprint density at radius 3 is 2.54 bits per heavy atom. The van der Waals surface area contributed by atoms with Crippen molar-refractivity contribution in [2.75, 3.05) is 0 Å². The van der Waals surface area contributed by atoms with Gasteiger partial charge in [-0.2, -0.15) is 13.5 Å². The largest absolute Gasteiger partial charge is 0.489 e. The molecule has 28 heavy (non-hydrogen) atoms. The van der Waals surface area contributed by atoms with E-state index in [0.717, 1.165) is 11.1 Å². The molecule has 0 fully saturated rings. The number of ether oxygens (including phenoxy) is 1. The van der Waals surface area contributed by atoms with Gasteiger partial charge in [0.15, 0.2) is 0 Å². The minimum atomic E-state index is -3.70. The molecule has 0 unspecified atom stereocenters. The summed E-state index contributed by atoms with van der Waals surface area (Å²) in [5.74, 6) is 0.630. The van der Waals surface area contributed by atoms with Gasteiger partial charge in [0.1, 0.15) is 12.4 Å². The standard InChI is InChI=1S/C21H19ClN2O3S/c1-16-9-11-20(12-10-16)28(25,26)24-23-14-17-5-4-7-19(13-17)27-15-18-6-2-3-8-21(18)22/h2-14,24H,15H2,1H3/b23-14-. The van der Waals surface area contributed by atoms with Crippen molar-refractivity contribution in [2.45, 2.75) is 18.4 Å². The third-order valence-electron chi connectivity index (χ3n) is 3.93. The van der Waals surface area contributed by atoms with Crippen molar-refractivity contribution in [2.24, 2.45) is 5.10 Å². The second kappa shape index (κ2) is 8.91. The van der Waals surface area contributed by atoms with Gasteiger partial charge < -0.3 is 4.74 Å². The van der Waals surface area contributed by atoms with Gasteiger partial charge in [-0.1, -0.05) is 59.6 Å². The molecule has 0 aromatic heterocycles. The number of hydrogen-bond acceptors (Lipinski definition) is 4. The van der Waals surface area contributed by atoms with Crippen molar-refractivity contribution in [1.82, 2.24) is 4.83 Å². The highest BCUT2D eigenvalue weighted by Crippen LogP contribution is 2.19. The topological polar surface area (TPSA) is 67.8 Å². The zero-order valence-corrected chi connectivity index (χ0v) is 16.7. The van der Waals surface area contributed by atoms with Gasteiger partial charge in [0.2, 0.25) is 0 Å². The van der Waals surface area contributed by atoms with Crippen molar-refractivity contribution < 1.29 is 13.2 Å². The highest BCUT2D eigenvalue weighted by atomic mass is 35.5. The number of halogens is 1. The van der Waals surface area contributed by atoms with Gasteiger partial charge in [-0.3, -0.25) is 0 Å². The highest BCUT2D eigenvalue weighted by Gasteiger charge is 2.11. The molecule has 0 saturated carbocycles. The molecule has 0 aliphatic heterocycles. The van der Waals surface area contributed by atoms with Crippen LogP contribution in [0.2, 0.25) is 5.02 Å². The number of nitrogens with one attached hydrogen (secondary N) is 1. The molecular formula is C21H19ClN2O3S. The van der Waals surface area contributed by atoms with E-state index in [1.807, 2.05) is 37.3 Å². The van der Waals surface area contributed by atoms with Gasteiger partial charge in [-0.05, 0) is 42.8 Å². The van der Waals surface area contributed by atoms with E-state index in [1.165, 1.54) is 18.3 Å². The average molecular weight is 415 g/mol. The summed E-state index contributed by atoms with van der Waals surface area (Å²) in [5, 5.41) is 4.49. The average Bonchev–Trinajstić information content (AvgIpc) is 2.68. The highest BCUT2D eigenvalue weighted by molar-refractivity contribution is 7.89. The molecule has 0 aliphatic carbocycles. The molecule has 0 amide bonds. The van der Waals surface area contributed by atoms with Crippen LogP contribution in [0.4, 0.5) is 0 Å². The van der Waals surface area contributed by atoms with Gasteiger partial charge in [-0.25, -0.2) is 4.83 Å². The number of nitrogens with zero attached hydrogens (tertiary/aromatic N) is 1. The smallest absolute Gasteiger partial charge is 0.276 e. The van der Waals surface area contributed by atoms with Crippen LogP contribution in [-0.4, -0.2) is 14.6 Å². The van der Waals surface area contributed by atoms with Crippen LogP contribution in [0.15, 0.2) is 82.8 Å². The Kier molecular flexibility index (Phi) is 6.34. The molecular weight excluding hydrogens is 396 g/mol. The van der Waals surface area contributed by atoms with Crippen molar-refractivity contribution in [1.29, 1.82) is 0 Å². The third-order valence-corrected chi connectivity index (χ3v) is 5.54. The van der Waals surface area contributed by atoms with E-state index in [0.29, 0.717) is 22.9 Å². The van der Waals surface area contributed by atoms with Crippen LogP contribution in [0.5, 0.6) is 5.75 Å². The predicted molar refractivity (Wildman–Crippen MR) is 111 cm³/mol. The lowest BCUT2D eigenvalue weighted by Crippen LogP contribution is -2.18. The molecule has 0 aliphatic rings. The summed E-state index contributed by atoms with van der Waals surface area (Å²) in [4.78, 5) is 2.37. The molecule has 0 saturated heterocycles. The van der Waals surface area contributed by atoms with E-state index in [1.54, 1.807) is 30.3 Å². The summed E-state index contributed by atoms with van der Waals surface area (Å²) in [5.41, 5.74) is 2.56. The summed E-state index contributed by atoms with van der Waals surface area (Å²) in [6, 6.07) is 21.2. The quantitative estimate of drug-likeness (QED) is 0.456. The van der Waals surface area contributed by atoms with Gasteiger partial charge in [0.05, 0.1) is 11.1 Å². The number of rotatable bonds is 7. The molecule has 5 nitrogen and oxygen atoms in total. The summed E-state index contributed by atoms with van der Waals surface area (Å²) in [7, 11) is -3.70. The summed E-state index contributed by atoms with van der Waals surface area (Å²) >= 11 is 6.13. The van der Waals surface area contributed by atoms with E-state index >= 15 is 0 Å². The zero-order valence-electron chi connectivity index (χ0n) is 15.2. The lowest BCUT2D eigenvalue weighted by atomic mass is 10.2. The van der Waals surface area contributed by atoms with Crippen LogP contribution >= 0.6 is 11.6 Å². The Morgan fingerprint density at radius 1 is 1.04 bits per heavy atom. The summed E-state index contributed by atoms with van der Waals surface area (Å²) < 4.78 is 30.2. The Hall–Kier alpha value is -2.83. The first-order valence-electron chi connectivity index (χ1n) is 8.52. The minimum Gasteiger partial charge on any atom is -0.489 e. The fraction of sp³-hybridized carbons (Fsp3) is 0.0952. The van der Waals surface area contributed by atoms with Crippen LogP contribution in [-0.2, 0) is 16.6 Å². The maximum absolute atomic E-state index is 12.2. The molecule has 3 aromatic rings. The van der Waals surface area contributed by atoms with Crippen LogP contribution in [0.3, 0.4) is 0 Å². The second-order valence-electron chi connectivity index (χ2n) is 6.12. The van der Waals surface area contributed by atoms with Gasteiger partial charge in [0.25, 0.3) is 10.0 Å². The Morgan fingerprint density at radius 2 is 1.79 bits per heavy atom. The molecule has 144 valence electrons. The van der Waals surface area contributed by atoms with Crippen molar-refractivity contribution >= 4 is 27.8 Å². The van der Waals surface area contributed by atoms with Crippen molar-refractivity contribution in [3.63, 3.8) is 0 Å². The Bertz CT molecular complexity index is 1080. The molecule has 3 aromatic carbocycles. The number of hydrazone groups is 1. The molecule has 3 rings (SSSR count). The molecule has 0 bridgehead atoms. The first-order valence-corrected chi connectivity index (χ1v) is 10.4. The van der Waals surface area contributed by atoms with E-state index in [-0.39, 0.29) is 4.90 Å². The SMILES string of the molecule is Cc1ccc(S(=O)(=O)N/N=C\c2cccc(OCc3ccccc3Cl)c2)cc1. The van der Waals surface area contributed by atoms with Crippen LogP contribution < -0.4 is 9.57 Å². The van der Waals surface area contributed by atoms with E-state index < -0.39 is 10.0 Å². The first kappa shape index (κ1) is 19.9. The van der Waals surface area contributed by atoms with Gasteiger partial charge >= 0.3 is 0 Å². The molecule has 0 heterocycles. The number of sulfonamides is 1. The number of benzene rings is 3. The Balaban J connectivity index is 1.64. The van der Waals surface area contributed by atoms with Crippen LogP contribution in [0, 0.1) is 6.92 Å². The Labute approximate surface area is 169 Å². The fourth-order valence-corrected chi connectivity index (χ4v) is 3.38. The van der Waals surface area contributed by atoms with Gasteiger partial charge in [0, 0.05) is 10.6 Å². The van der Waals surface area contributed by atoms with E-state index in [9.17, 15) is 8.42 Å². The molecule has 0 radical (unpaired) electrons. The molecule has 1 N–H and O–H groups in total. The van der Waals surface area contributed by atoms with Gasteiger partial charge in [-0.15, -0.1) is 0 Å². The maximum atomic E-state index is 12.2. The van der Waals surface area contributed by atoms with E-state index in [2.05, 4.69) is 9.93 Å². The van der Waals surface area contributed by atoms with E-state index in [4.69, 9.17) is 16.3 Å². The molecule has 7 heteroatoms. The summed E-state index contributed by atoms with van der Waals surface area (Å²) in [6.45, 7) is 2.23. The first-order chi connectivity index (χ1) is 13.4.